The van der Waals surface area contributed by atoms with E-state index in [2.05, 4.69) is 39.8 Å². The van der Waals surface area contributed by atoms with E-state index in [1.165, 1.54) is 24.3 Å². The molecule has 0 amide bonds. The number of hydrogen-bond donors (Lipinski definition) is 3. The van der Waals surface area contributed by atoms with E-state index in [9.17, 15) is 9.50 Å². The molecule has 1 heterocycles. The van der Waals surface area contributed by atoms with Gasteiger partial charge in [0.05, 0.1) is 12.2 Å². The summed E-state index contributed by atoms with van der Waals surface area (Å²) in [6, 6.07) is 5.69. The second kappa shape index (κ2) is 10.8. The van der Waals surface area contributed by atoms with E-state index in [4.69, 9.17) is 4.74 Å². The van der Waals surface area contributed by atoms with E-state index in [-0.39, 0.29) is 19.0 Å². The molecule has 8 heteroatoms. The average molecular weight is 395 g/mol. The van der Waals surface area contributed by atoms with Crippen molar-refractivity contribution in [2.75, 3.05) is 19.7 Å². The Hall–Kier alpha value is -2.19. The molecule has 0 aliphatic heterocycles. The molecule has 0 saturated carbocycles. The predicted molar refractivity (Wildman–Crippen MR) is 107 cm³/mol. The van der Waals surface area contributed by atoms with E-state index in [0.29, 0.717) is 30.7 Å². The molecule has 148 valence electrons. The zero-order valence-electron chi connectivity index (χ0n) is 15.9. The van der Waals surface area contributed by atoms with Crippen molar-refractivity contribution in [3.05, 3.63) is 46.2 Å². The van der Waals surface area contributed by atoms with Gasteiger partial charge in [0.25, 0.3) is 0 Å². The number of nitrogens with zero attached hydrogens (tertiary/aromatic N) is 2. The van der Waals surface area contributed by atoms with Crippen molar-refractivity contribution >= 4 is 17.3 Å². The zero-order valence-corrected chi connectivity index (χ0v) is 16.7. The van der Waals surface area contributed by atoms with Gasteiger partial charge in [-0.1, -0.05) is 13.8 Å². The second-order valence-electron chi connectivity index (χ2n) is 6.32. The molecule has 0 radical (unpaired) electrons. The highest BCUT2D eigenvalue weighted by atomic mass is 32.1. The smallest absolute Gasteiger partial charge is 0.191 e. The Bertz CT molecular complexity index is 719. The van der Waals surface area contributed by atoms with Crippen molar-refractivity contribution in [1.82, 2.24) is 15.6 Å². The van der Waals surface area contributed by atoms with Crippen LogP contribution in [-0.2, 0) is 6.54 Å². The number of aliphatic hydroxyl groups excluding tert-OH is 1. The van der Waals surface area contributed by atoms with Crippen molar-refractivity contribution < 1.29 is 14.2 Å². The molecule has 2 rings (SSSR count). The van der Waals surface area contributed by atoms with Crippen molar-refractivity contribution in [2.24, 2.45) is 4.99 Å². The Kier molecular flexibility index (Phi) is 8.47. The summed E-state index contributed by atoms with van der Waals surface area (Å²) < 4.78 is 18.3. The topological polar surface area (TPSA) is 78.8 Å². The van der Waals surface area contributed by atoms with Gasteiger partial charge in [-0.05, 0) is 37.1 Å². The van der Waals surface area contributed by atoms with Gasteiger partial charge < -0.3 is 20.5 Å². The molecule has 27 heavy (non-hydrogen) atoms. The molecule has 0 aliphatic carbocycles. The summed E-state index contributed by atoms with van der Waals surface area (Å²) in [6.45, 7) is 7.78. The van der Waals surface area contributed by atoms with E-state index < -0.39 is 6.10 Å². The number of nitrogens with one attached hydrogen (secondary N) is 2. The van der Waals surface area contributed by atoms with Crippen molar-refractivity contribution in [3.63, 3.8) is 0 Å². The largest absolute Gasteiger partial charge is 0.491 e. The number of aromatic nitrogens is 1. The number of aliphatic hydroxyl groups is 1. The van der Waals surface area contributed by atoms with Gasteiger partial charge in [0.15, 0.2) is 5.96 Å². The first-order chi connectivity index (χ1) is 13.0. The quantitative estimate of drug-likeness (QED) is 0.450. The number of hydrogen-bond acceptors (Lipinski definition) is 5. The van der Waals surface area contributed by atoms with Crippen LogP contribution >= 0.6 is 11.3 Å². The minimum Gasteiger partial charge on any atom is -0.491 e. The number of rotatable bonds is 9. The predicted octanol–water partition coefficient (Wildman–Crippen LogP) is 2.90. The monoisotopic (exact) mass is 394 g/mol. The maximum Gasteiger partial charge on any atom is 0.191 e. The third-order valence-corrected chi connectivity index (χ3v) is 4.49. The van der Waals surface area contributed by atoms with E-state index >= 15 is 0 Å². The number of aliphatic imine (C=N–C) groups is 1. The summed E-state index contributed by atoms with van der Waals surface area (Å²) in [4.78, 5) is 9.07. The Morgan fingerprint density at radius 3 is 2.67 bits per heavy atom. The fourth-order valence-corrected chi connectivity index (χ4v) is 3.03. The molecule has 6 nitrogen and oxygen atoms in total. The first-order valence-corrected chi connectivity index (χ1v) is 9.88. The van der Waals surface area contributed by atoms with Crippen LogP contribution in [0, 0.1) is 5.82 Å². The molecule has 1 aromatic carbocycles. The van der Waals surface area contributed by atoms with Gasteiger partial charge >= 0.3 is 0 Å². The van der Waals surface area contributed by atoms with Gasteiger partial charge in [0, 0.05) is 18.5 Å². The summed E-state index contributed by atoms with van der Waals surface area (Å²) in [7, 11) is 0. The average Bonchev–Trinajstić information content (AvgIpc) is 3.13. The number of halogens is 1. The lowest BCUT2D eigenvalue weighted by Crippen LogP contribution is -2.42. The van der Waals surface area contributed by atoms with E-state index in [0.717, 1.165) is 10.7 Å². The van der Waals surface area contributed by atoms with Crippen LogP contribution in [0.2, 0.25) is 0 Å². The fraction of sp³-hybridized carbons (Fsp3) is 0.474. The third-order valence-electron chi connectivity index (χ3n) is 3.64. The molecule has 0 bridgehead atoms. The first-order valence-electron chi connectivity index (χ1n) is 9.00. The van der Waals surface area contributed by atoms with Gasteiger partial charge in [-0.25, -0.2) is 14.4 Å². The maximum atomic E-state index is 12.9. The van der Waals surface area contributed by atoms with Gasteiger partial charge in [-0.15, -0.1) is 11.3 Å². The zero-order chi connectivity index (χ0) is 19.6. The molecule has 1 aromatic heterocycles. The van der Waals surface area contributed by atoms with Crippen LogP contribution in [0.1, 0.15) is 37.4 Å². The number of guanidine groups is 1. The van der Waals surface area contributed by atoms with Crippen LogP contribution in [0.4, 0.5) is 4.39 Å². The normalized spacial score (nSPS) is 12.9. The molecule has 0 saturated heterocycles. The molecule has 1 atom stereocenters. The lowest BCUT2D eigenvalue weighted by molar-refractivity contribution is 0.110. The Balaban J connectivity index is 1.80. The van der Waals surface area contributed by atoms with E-state index in [1.807, 2.05) is 6.92 Å². The molecule has 3 N–H and O–H groups in total. The Labute approximate surface area is 163 Å². The highest BCUT2D eigenvalue weighted by molar-refractivity contribution is 7.09. The first kappa shape index (κ1) is 21.1. The molecular weight excluding hydrogens is 367 g/mol. The van der Waals surface area contributed by atoms with Crippen molar-refractivity contribution in [1.29, 1.82) is 0 Å². The van der Waals surface area contributed by atoms with Crippen LogP contribution in [0.25, 0.3) is 0 Å². The van der Waals surface area contributed by atoms with Gasteiger partial charge in [-0.2, -0.15) is 0 Å². The molecule has 0 spiro atoms. The van der Waals surface area contributed by atoms with Crippen LogP contribution in [-0.4, -0.2) is 41.9 Å². The van der Waals surface area contributed by atoms with E-state index in [1.54, 1.807) is 11.3 Å². The molecule has 1 unspecified atom stereocenters. The number of thiazole rings is 1. The summed E-state index contributed by atoms with van der Waals surface area (Å²) >= 11 is 1.60. The minimum absolute atomic E-state index is 0.0995. The van der Waals surface area contributed by atoms with Gasteiger partial charge in [0.1, 0.15) is 29.3 Å². The minimum atomic E-state index is -0.730. The van der Waals surface area contributed by atoms with Crippen LogP contribution < -0.4 is 15.4 Å². The lowest BCUT2D eigenvalue weighted by atomic mass is 10.2. The number of benzene rings is 1. The van der Waals surface area contributed by atoms with Crippen LogP contribution in [0.15, 0.2) is 34.6 Å². The molecular formula is C19H27FN4O2S. The van der Waals surface area contributed by atoms with Crippen LogP contribution in [0.5, 0.6) is 5.75 Å². The standard InChI is InChI=1S/C19H27FN4O2S/c1-4-21-19(23-10-18-24-17(12-27-18)13(2)3)22-9-15(25)11-26-16-7-5-14(20)6-8-16/h5-8,12-13,15,25H,4,9-11H2,1-3H3,(H2,21,22,23). The Morgan fingerprint density at radius 2 is 2.04 bits per heavy atom. The Morgan fingerprint density at radius 1 is 1.30 bits per heavy atom. The lowest BCUT2D eigenvalue weighted by Gasteiger charge is -2.15. The SMILES string of the molecule is CCNC(=NCc1nc(C(C)C)cs1)NCC(O)COc1ccc(F)cc1. The summed E-state index contributed by atoms with van der Waals surface area (Å²) in [5, 5.41) is 19.3. The third kappa shape index (κ3) is 7.52. The summed E-state index contributed by atoms with van der Waals surface area (Å²) in [5.41, 5.74) is 1.08. The van der Waals surface area contributed by atoms with Gasteiger partial charge in [0.2, 0.25) is 0 Å². The fourth-order valence-electron chi connectivity index (χ4n) is 2.15. The maximum absolute atomic E-state index is 12.9. The summed E-state index contributed by atoms with van der Waals surface area (Å²) in [6.07, 6.45) is -0.730. The summed E-state index contributed by atoms with van der Waals surface area (Å²) in [5.74, 6) is 1.21. The highest BCUT2D eigenvalue weighted by Crippen LogP contribution is 2.18. The number of ether oxygens (including phenoxy) is 1. The molecule has 0 fully saturated rings. The molecule has 2 aromatic rings. The van der Waals surface area contributed by atoms with Crippen LogP contribution in [0.3, 0.4) is 0 Å². The van der Waals surface area contributed by atoms with Gasteiger partial charge in [-0.3, -0.25) is 0 Å². The molecule has 0 aliphatic rings. The second-order valence-corrected chi connectivity index (χ2v) is 7.26. The van der Waals surface area contributed by atoms with Crippen molar-refractivity contribution in [2.45, 2.75) is 39.3 Å². The highest BCUT2D eigenvalue weighted by Gasteiger charge is 2.08. The van der Waals surface area contributed by atoms with Crippen molar-refractivity contribution in [3.8, 4) is 5.75 Å².